The van der Waals surface area contributed by atoms with E-state index in [2.05, 4.69) is 59.5 Å². The Bertz CT molecular complexity index is 935. The van der Waals surface area contributed by atoms with Crippen LogP contribution in [0.4, 0.5) is 17.2 Å². The fraction of sp³-hybridized carbons (Fsp3) is 0.250. The first-order chi connectivity index (χ1) is 14.1. The summed E-state index contributed by atoms with van der Waals surface area (Å²) in [6.45, 7) is 8.87. The molecule has 0 saturated heterocycles. The molecule has 0 saturated carbocycles. The molecular formula is C24H28N4O. The monoisotopic (exact) mass is 388 g/mol. The highest BCUT2D eigenvalue weighted by molar-refractivity contribution is 5.94. The minimum Gasteiger partial charge on any atom is -0.372 e. The number of carbonyl (C=O) groups is 1. The van der Waals surface area contributed by atoms with Crippen molar-refractivity contribution in [3.8, 4) is 0 Å². The zero-order valence-corrected chi connectivity index (χ0v) is 17.3. The molecule has 3 rings (SSSR count). The Kier molecular flexibility index (Phi) is 6.85. The third-order valence-electron chi connectivity index (χ3n) is 4.92. The molecule has 5 heteroatoms. The highest BCUT2D eigenvalue weighted by atomic mass is 16.1. The van der Waals surface area contributed by atoms with Crippen LogP contribution in [0.3, 0.4) is 0 Å². The van der Waals surface area contributed by atoms with Gasteiger partial charge >= 0.3 is 0 Å². The summed E-state index contributed by atoms with van der Waals surface area (Å²) in [7, 11) is 0. The summed E-state index contributed by atoms with van der Waals surface area (Å²) in [6, 6.07) is 19.8. The Morgan fingerprint density at radius 3 is 2.38 bits per heavy atom. The molecule has 0 unspecified atom stereocenters. The molecular weight excluding hydrogens is 360 g/mol. The van der Waals surface area contributed by atoms with Gasteiger partial charge in [-0.25, -0.2) is 4.98 Å². The Balaban J connectivity index is 1.62. The average Bonchev–Trinajstić information content (AvgIpc) is 2.76. The van der Waals surface area contributed by atoms with Crippen molar-refractivity contribution in [2.45, 2.75) is 27.3 Å². The molecule has 1 aromatic heterocycles. The van der Waals surface area contributed by atoms with Crippen molar-refractivity contribution in [1.29, 1.82) is 0 Å². The van der Waals surface area contributed by atoms with E-state index in [-0.39, 0.29) is 5.91 Å². The van der Waals surface area contributed by atoms with Gasteiger partial charge in [0.2, 0.25) is 0 Å². The fourth-order valence-corrected chi connectivity index (χ4v) is 3.19. The molecule has 2 aromatic carbocycles. The number of carbonyl (C=O) groups excluding carboxylic acids is 1. The van der Waals surface area contributed by atoms with Crippen LogP contribution in [-0.2, 0) is 6.54 Å². The SMILES string of the molecule is CCN(CC)c1ccc(Nc2ccc(C(=O)NCc3ccccc3)cn2)c(C)c1. The predicted molar refractivity (Wildman–Crippen MR) is 120 cm³/mol. The van der Waals surface area contributed by atoms with Gasteiger partial charge in [0, 0.05) is 37.2 Å². The molecule has 0 fully saturated rings. The minimum absolute atomic E-state index is 0.132. The first-order valence-electron chi connectivity index (χ1n) is 10.0. The van der Waals surface area contributed by atoms with E-state index in [1.165, 1.54) is 5.69 Å². The Hall–Kier alpha value is -3.34. The van der Waals surface area contributed by atoms with Crippen LogP contribution < -0.4 is 15.5 Å². The number of rotatable bonds is 8. The van der Waals surface area contributed by atoms with E-state index in [0.29, 0.717) is 17.9 Å². The smallest absolute Gasteiger partial charge is 0.253 e. The lowest BCUT2D eigenvalue weighted by Crippen LogP contribution is -2.22. The number of aromatic nitrogens is 1. The van der Waals surface area contributed by atoms with Crippen molar-refractivity contribution >= 4 is 23.1 Å². The number of nitrogens with one attached hydrogen (secondary N) is 2. The maximum absolute atomic E-state index is 12.3. The zero-order valence-electron chi connectivity index (χ0n) is 17.3. The Labute approximate surface area is 172 Å². The number of nitrogens with zero attached hydrogens (tertiary/aromatic N) is 2. The molecule has 1 heterocycles. The van der Waals surface area contributed by atoms with Crippen LogP contribution in [-0.4, -0.2) is 24.0 Å². The van der Waals surface area contributed by atoms with Gasteiger partial charge in [-0.2, -0.15) is 0 Å². The molecule has 0 aliphatic rings. The summed E-state index contributed by atoms with van der Waals surface area (Å²) in [5, 5.41) is 6.25. The first kappa shape index (κ1) is 20.4. The fourth-order valence-electron chi connectivity index (χ4n) is 3.19. The van der Waals surface area contributed by atoms with Crippen molar-refractivity contribution in [1.82, 2.24) is 10.3 Å². The number of anilines is 3. The van der Waals surface area contributed by atoms with Crippen LogP contribution >= 0.6 is 0 Å². The highest BCUT2D eigenvalue weighted by Gasteiger charge is 2.08. The number of aryl methyl sites for hydroxylation is 1. The first-order valence-corrected chi connectivity index (χ1v) is 10.0. The van der Waals surface area contributed by atoms with E-state index < -0.39 is 0 Å². The molecule has 2 N–H and O–H groups in total. The van der Waals surface area contributed by atoms with Crippen LogP contribution in [0, 0.1) is 6.92 Å². The summed E-state index contributed by atoms with van der Waals surface area (Å²) in [5.41, 5.74) is 4.99. The van der Waals surface area contributed by atoms with Crippen molar-refractivity contribution in [2.75, 3.05) is 23.3 Å². The van der Waals surface area contributed by atoms with Crippen molar-refractivity contribution in [2.24, 2.45) is 0 Å². The van der Waals surface area contributed by atoms with Gasteiger partial charge in [0.15, 0.2) is 0 Å². The largest absolute Gasteiger partial charge is 0.372 e. The molecule has 5 nitrogen and oxygen atoms in total. The lowest BCUT2D eigenvalue weighted by atomic mass is 10.1. The van der Waals surface area contributed by atoms with Crippen LogP contribution in [0.2, 0.25) is 0 Å². The molecule has 150 valence electrons. The summed E-state index contributed by atoms with van der Waals surface area (Å²) >= 11 is 0. The second-order valence-electron chi connectivity index (χ2n) is 6.90. The van der Waals surface area contributed by atoms with Crippen molar-refractivity contribution in [3.63, 3.8) is 0 Å². The highest BCUT2D eigenvalue weighted by Crippen LogP contribution is 2.25. The lowest BCUT2D eigenvalue weighted by Gasteiger charge is -2.22. The summed E-state index contributed by atoms with van der Waals surface area (Å²) in [4.78, 5) is 19.0. The standard InChI is InChI=1S/C24H28N4O/c1-4-28(5-2)21-12-13-22(18(3)15-21)27-23-14-11-20(17-25-23)24(29)26-16-19-9-7-6-8-10-19/h6-15,17H,4-5,16H2,1-3H3,(H,25,27)(H,26,29). The van der Waals surface area contributed by atoms with E-state index in [9.17, 15) is 4.79 Å². The number of hydrogen-bond acceptors (Lipinski definition) is 4. The maximum Gasteiger partial charge on any atom is 0.253 e. The normalized spacial score (nSPS) is 10.4. The Morgan fingerprint density at radius 1 is 1.00 bits per heavy atom. The number of hydrogen-bond donors (Lipinski definition) is 2. The van der Waals surface area contributed by atoms with Crippen molar-refractivity contribution in [3.05, 3.63) is 83.6 Å². The van der Waals surface area contributed by atoms with Crippen LogP contribution in [0.25, 0.3) is 0 Å². The second-order valence-corrected chi connectivity index (χ2v) is 6.90. The van der Waals surface area contributed by atoms with Gasteiger partial charge in [-0.1, -0.05) is 30.3 Å². The average molecular weight is 389 g/mol. The van der Waals surface area contributed by atoms with Crippen LogP contribution in [0.1, 0.15) is 35.3 Å². The van der Waals surface area contributed by atoms with Gasteiger partial charge in [-0.3, -0.25) is 4.79 Å². The van der Waals surface area contributed by atoms with Gasteiger partial charge < -0.3 is 15.5 Å². The van der Waals surface area contributed by atoms with Crippen molar-refractivity contribution < 1.29 is 4.79 Å². The van der Waals surface area contributed by atoms with Crippen LogP contribution in [0.5, 0.6) is 0 Å². The van der Waals surface area contributed by atoms with Gasteiger partial charge in [-0.15, -0.1) is 0 Å². The maximum atomic E-state index is 12.3. The second kappa shape index (κ2) is 9.73. The van der Waals surface area contributed by atoms with E-state index in [4.69, 9.17) is 0 Å². The molecule has 1 amide bonds. The van der Waals surface area contributed by atoms with E-state index >= 15 is 0 Å². The summed E-state index contributed by atoms with van der Waals surface area (Å²) in [6.07, 6.45) is 1.60. The van der Waals surface area contributed by atoms with E-state index in [1.807, 2.05) is 36.4 Å². The van der Waals surface area contributed by atoms with Gasteiger partial charge in [0.05, 0.1) is 5.56 Å². The molecule has 0 spiro atoms. The lowest BCUT2D eigenvalue weighted by molar-refractivity contribution is 0.0950. The zero-order chi connectivity index (χ0) is 20.6. The molecule has 0 atom stereocenters. The van der Waals surface area contributed by atoms with Gasteiger partial charge in [-0.05, 0) is 62.2 Å². The molecule has 0 radical (unpaired) electrons. The molecule has 29 heavy (non-hydrogen) atoms. The number of amides is 1. The van der Waals surface area contributed by atoms with E-state index in [0.717, 1.165) is 29.9 Å². The molecule has 0 aliphatic carbocycles. The topological polar surface area (TPSA) is 57.3 Å². The quantitative estimate of drug-likeness (QED) is 0.576. The molecule has 3 aromatic rings. The van der Waals surface area contributed by atoms with E-state index in [1.54, 1.807) is 12.3 Å². The molecule has 0 aliphatic heterocycles. The third kappa shape index (κ3) is 5.35. The predicted octanol–water partition coefficient (Wildman–Crippen LogP) is 4.91. The Morgan fingerprint density at radius 2 is 1.76 bits per heavy atom. The van der Waals surface area contributed by atoms with Gasteiger partial charge in [0.25, 0.3) is 5.91 Å². The number of pyridine rings is 1. The minimum atomic E-state index is -0.132. The summed E-state index contributed by atoms with van der Waals surface area (Å²) < 4.78 is 0. The van der Waals surface area contributed by atoms with Crippen LogP contribution in [0.15, 0.2) is 66.9 Å². The molecule has 0 bridgehead atoms. The number of benzene rings is 2. The third-order valence-corrected chi connectivity index (χ3v) is 4.92. The van der Waals surface area contributed by atoms with Gasteiger partial charge in [0.1, 0.15) is 5.82 Å². The summed E-state index contributed by atoms with van der Waals surface area (Å²) in [5.74, 6) is 0.580.